The Hall–Kier alpha value is -1.29. The molecule has 1 aromatic rings. The van der Waals surface area contributed by atoms with Crippen LogP contribution in [-0.4, -0.2) is 17.7 Å². The van der Waals surface area contributed by atoms with Crippen LogP contribution in [-0.2, 0) is 4.79 Å². The van der Waals surface area contributed by atoms with Crippen molar-refractivity contribution in [2.24, 2.45) is 5.92 Å². The summed E-state index contributed by atoms with van der Waals surface area (Å²) in [5.41, 5.74) is 0.269. The minimum absolute atomic E-state index is 0.195. The van der Waals surface area contributed by atoms with E-state index in [0.717, 1.165) is 0 Å². The topological polar surface area (TPSA) is 46.5 Å². The van der Waals surface area contributed by atoms with Crippen molar-refractivity contribution < 1.29 is 19.0 Å². The van der Waals surface area contributed by atoms with Gasteiger partial charge in [0.25, 0.3) is 0 Å². The molecule has 17 heavy (non-hydrogen) atoms. The van der Waals surface area contributed by atoms with Crippen LogP contribution in [0.3, 0.4) is 0 Å². The van der Waals surface area contributed by atoms with Crippen molar-refractivity contribution in [2.75, 3.05) is 6.61 Å². The first kappa shape index (κ1) is 12.2. The van der Waals surface area contributed by atoms with Gasteiger partial charge in [0.2, 0.25) is 0 Å². The van der Waals surface area contributed by atoms with Gasteiger partial charge in [0.1, 0.15) is 11.6 Å². The SMILES string of the molecule is CCOc1ccc(F)c(C2CC2C(=O)O)c1Cl. The van der Waals surface area contributed by atoms with Crippen LogP contribution in [0.2, 0.25) is 5.02 Å². The summed E-state index contributed by atoms with van der Waals surface area (Å²) in [6.07, 6.45) is 0.432. The first-order chi connectivity index (χ1) is 8.06. The van der Waals surface area contributed by atoms with Crippen LogP contribution >= 0.6 is 11.6 Å². The predicted molar refractivity (Wildman–Crippen MR) is 61.1 cm³/mol. The third-order valence-corrected chi connectivity index (χ3v) is 3.26. The van der Waals surface area contributed by atoms with E-state index in [0.29, 0.717) is 18.8 Å². The number of carboxylic acids is 1. The highest BCUT2D eigenvalue weighted by Crippen LogP contribution is 2.52. The normalized spacial score (nSPS) is 22.3. The number of benzene rings is 1. The Balaban J connectivity index is 2.33. The van der Waals surface area contributed by atoms with Crippen molar-refractivity contribution in [2.45, 2.75) is 19.3 Å². The molecule has 0 heterocycles. The van der Waals surface area contributed by atoms with Crippen LogP contribution in [0.1, 0.15) is 24.8 Å². The molecule has 3 nitrogen and oxygen atoms in total. The molecule has 1 aliphatic rings. The van der Waals surface area contributed by atoms with E-state index >= 15 is 0 Å². The summed E-state index contributed by atoms with van der Waals surface area (Å²) in [4.78, 5) is 10.8. The number of halogens is 2. The minimum Gasteiger partial charge on any atom is -0.492 e. The zero-order chi connectivity index (χ0) is 12.6. The van der Waals surface area contributed by atoms with E-state index in [2.05, 4.69) is 0 Å². The molecule has 0 radical (unpaired) electrons. The van der Waals surface area contributed by atoms with E-state index < -0.39 is 17.7 Å². The molecule has 5 heteroatoms. The summed E-state index contributed by atoms with van der Waals surface area (Å²) >= 11 is 6.04. The molecule has 1 fully saturated rings. The first-order valence-electron chi connectivity index (χ1n) is 5.39. The molecule has 0 aliphatic heterocycles. The fourth-order valence-corrected chi connectivity index (χ4v) is 2.29. The molecule has 1 aliphatic carbocycles. The van der Waals surface area contributed by atoms with Crippen molar-refractivity contribution >= 4 is 17.6 Å². The maximum absolute atomic E-state index is 13.7. The minimum atomic E-state index is -0.910. The number of aliphatic carboxylic acids is 1. The van der Waals surface area contributed by atoms with Crippen LogP contribution < -0.4 is 4.74 Å². The van der Waals surface area contributed by atoms with Crippen LogP contribution in [0.25, 0.3) is 0 Å². The van der Waals surface area contributed by atoms with Gasteiger partial charge in [0.05, 0.1) is 17.5 Å². The Morgan fingerprint density at radius 2 is 2.35 bits per heavy atom. The van der Waals surface area contributed by atoms with E-state index in [1.54, 1.807) is 6.92 Å². The molecule has 0 amide bonds. The molecule has 1 aromatic carbocycles. The van der Waals surface area contributed by atoms with Crippen molar-refractivity contribution in [3.63, 3.8) is 0 Å². The maximum Gasteiger partial charge on any atom is 0.307 e. The lowest BCUT2D eigenvalue weighted by Crippen LogP contribution is -2.02. The lowest BCUT2D eigenvalue weighted by Gasteiger charge is -2.10. The third-order valence-electron chi connectivity index (χ3n) is 2.87. The van der Waals surface area contributed by atoms with Crippen molar-refractivity contribution in [3.8, 4) is 5.75 Å². The quantitative estimate of drug-likeness (QED) is 0.903. The maximum atomic E-state index is 13.7. The average molecular weight is 259 g/mol. The average Bonchev–Trinajstić information content (AvgIpc) is 3.03. The van der Waals surface area contributed by atoms with Gasteiger partial charge < -0.3 is 9.84 Å². The number of ether oxygens (including phenoxy) is 1. The Kier molecular flexibility index (Phi) is 3.24. The van der Waals surface area contributed by atoms with Crippen LogP contribution in [0.15, 0.2) is 12.1 Å². The van der Waals surface area contributed by atoms with Crippen molar-refractivity contribution in [1.82, 2.24) is 0 Å². The second-order valence-corrected chi connectivity index (χ2v) is 4.37. The van der Waals surface area contributed by atoms with Gasteiger partial charge >= 0.3 is 5.97 Å². The van der Waals surface area contributed by atoms with E-state index in [1.807, 2.05) is 0 Å². The Bertz CT molecular complexity index is 461. The van der Waals surface area contributed by atoms with Crippen LogP contribution in [0, 0.1) is 11.7 Å². The zero-order valence-corrected chi connectivity index (χ0v) is 10.00. The monoisotopic (exact) mass is 258 g/mol. The molecule has 0 bridgehead atoms. The van der Waals surface area contributed by atoms with E-state index in [1.165, 1.54) is 12.1 Å². The van der Waals surface area contributed by atoms with Gasteiger partial charge in [-0.3, -0.25) is 4.79 Å². The van der Waals surface area contributed by atoms with Crippen LogP contribution in [0.5, 0.6) is 5.75 Å². The summed E-state index contributed by atoms with van der Waals surface area (Å²) < 4.78 is 18.9. The molecule has 2 rings (SSSR count). The lowest BCUT2D eigenvalue weighted by molar-refractivity contribution is -0.138. The zero-order valence-electron chi connectivity index (χ0n) is 9.24. The summed E-state index contributed by atoms with van der Waals surface area (Å²) in [7, 11) is 0. The third kappa shape index (κ3) is 2.22. The van der Waals surface area contributed by atoms with Gasteiger partial charge in [0.15, 0.2) is 0 Å². The molecule has 2 atom stereocenters. The standard InChI is InChI=1S/C12H12ClFO3/c1-2-17-9-4-3-8(14)10(11(9)13)6-5-7(6)12(15)16/h3-4,6-7H,2,5H2,1H3,(H,15,16). The van der Waals surface area contributed by atoms with Gasteiger partial charge in [-0.1, -0.05) is 11.6 Å². The molecule has 1 N–H and O–H groups in total. The van der Waals surface area contributed by atoms with Crippen molar-refractivity contribution in [1.29, 1.82) is 0 Å². The fraction of sp³-hybridized carbons (Fsp3) is 0.417. The molecular formula is C12H12ClFO3. The number of hydrogen-bond donors (Lipinski definition) is 1. The van der Waals surface area contributed by atoms with E-state index in [9.17, 15) is 9.18 Å². The molecule has 0 spiro atoms. The Labute approximate surface area is 103 Å². The van der Waals surface area contributed by atoms with Gasteiger partial charge in [0, 0.05) is 11.5 Å². The second kappa shape index (κ2) is 4.53. The largest absolute Gasteiger partial charge is 0.492 e. The fourth-order valence-electron chi connectivity index (χ4n) is 1.94. The molecule has 0 saturated heterocycles. The van der Waals surface area contributed by atoms with Gasteiger partial charge in [-0.2, -0.15) is 0 Å². The summed E-state index contributed by atoms with van der Waals surface area (Å²) in [5, 5.41) is 9.04. The first-order valence-corrected chi connectivity index (χ1v) is 5.77. The molecule has 0 aromatic heterocycles. The number of carboxylic acid groups (broad SMARTS) is 1. The number of carbonyl (C=O) groups is 1. The smallest absolute Gasteiger partial charge is 0.307 e. The highest BCUT2D eigenvalue weighted by Gasteiger charge is 2.46. The van der Waals surface area contributed by atoms with E-state index in [4.69, 9.17) is 21.4 Å². The number of rotatable bonds is 4. The summed E-state index contributed by atoms with van der Waals surface area (Å²) in [6, 6.07) is 2.73. The highest BCUT2D eigenvalue weighted by molar-refractivity contribution is 6.33. The predicted octanol–water partition coefficient (Wildman–Crippen LogP) is 3.07. The van der Waals surface area contributed by atoms with Gasteiger partial charge in [-0.25, -0.2) is 4.39 Å². The van der Waals surface area contributed by atoms with Crippen molar-refractivity contribution in [3.05, 3.63) is 28.5 Å². The lowest BCUT2D eigenvalue weighted by atomic mass is 10.1. The summed E-state index contributed by atoms with van der Waals surface area (Å²) in [6.45, 7) is 2.23. The summed E-state index contributed by atoms with van der Waals surface area (Å²) in [5.74, 6) is -1.83. The van der Waals surface area contributed by atoms with Gasteiger partial charge in [-0.15, -0.1) is 0 Å². The molecule has 2 unspecified atom stereocenters. The Morgan fingerprint density at radius 1 is 1.65 bits per heavy atom. The molecule has 1 saturated carbocycles. The van der Waals surface area contributed by atoms with Gasteiger partial charge in [-0.05, 0) is 25.5 Å². The second-order valence-electron chi connectivity index (χ2n) is 3.99. The molecular weight excluding hydrogens is 247 g/mol. The van der Waals surface area contributed by atoms with E-state index in [-0.39, 0.29) is 16.5 Å². The molecule has 92 valence electrons. The highest BCUT2D eigenvalue weighted by atomic mass is 35.5. The van der Waals surface area contributed by atoms with Crippen LogP contribution in [0.4, 0.5) is 4.39 Å². The number of hydrogen-bond acceptors (Lipinski definition) is 2. The Morgan fingerprint density at radius 3 is 2.88 bits per heavy atom.